The molecule has 8 heteroatoms. The standard InChI is InChI=1S/C10H13ClN4O3/c11-9-8(15(17)18)10(13-5-12-9)14-6-3-1-2-4-7(6)16/h5-7,16H,1-4H2,(H,12,13,14). The highest BCUT2D eigenvalue weighted by atomic mass is 35.5. The molecule has 0 radical (unpaired) electrons. The van der Waals surface area contributed by atoms with Crippen molar-refractivity contribution in [2.45, 2.75) is 37.8 Å². The lowest BCUT2D eigenvalue weighted by Gasteiger charge is -2.28. The topological polar surface area (TPSA) is 101 Å². The van der Waals surface area contributed by atoms with Gasteiger partial charge in [-0.05, 0) is 12.8 Å². The van der Waals surface area contributed by atoms with Gasteiger partial charge in [-0.25, -0.2) is 9.97 Å². The third kappa shape index (κ3) is 2.68. The van der Waals surface area contributed by atoms with Crippen LogP contribution < -0.4 is 5.32 Å². The molecule has 7 nitrogen and oxygen atoms in total. The van der Waals surface area contributed by atoms with Crippen LogP contribution in [-0.2, 0) is 0 Å². The Morgan fingerprint density at radius 3 is 2.83 bits per heavy atom. The van der Waals surface area contributed by atoms with Crippen LogP contribution in [0.2, 0.25) is 5.15 Å². The van der Waals surface area contributed by atoms with Crippen LogP contribution in [-0.4, -0.2) is 32.1 Å². The molecule has 0 aromatic carbocycles. The first-order valence-electron chi connectivity index (χ1n) is 5.69. The van der Waals surface area contributed by atoms with Gasteiger partial charge in [0.1, 0.15) is 6.33 Å². The minimum atomic E-state index is -0.625. The Balaban J connectivity index is 2.23. The molecule has 0 amide bonds. The van der Waals surface area contributed by atoms with Crippen molar-refractivity contribution in [3.05, 3.63) is 21.6 Å². The molecule has 18 heavy (non-hydrogen) atoms. The number of aliphatic hydroxyl groups excluding tert-OH is 1. The van der Waals surface area contributed by atoms with Gasteiger partial charge in [-0.3, -0.25) is 10.1 Å². The monoisotopic (exact) mass is 272 g/mol. The third-order valence-electron chi connectivity index (χ3n) is 3.01. The number of nitrogens with zero attached hydrogens (tertiary/aromatic N) is 3. The molecule has 0 bridgehead atoms. The van der Waals surface area contributed by atoms with E-state index >= 15 is 0 Å². The van der Waals surface area contributed by atoms with Crippen LogP contribution in [0.3, 0.4) is 0 Å². The number of rotatable bonds is 3. The average molecular weight is 273 g/mol. The molecule has 1 saturated carbocycles. The van der Waals surface area contributed by atoms with Crippen molar-refractivity contribution in [3.8, 4) is 0 Å². The maximum atomic E-state index is 10.9. The summed E-state index contributed by atoms with van der Waals surface area (Å²) >= 11 is 5.68. The lowest BCUT2D eigenvalue weighted by atomic mass is 9.92. The van der Waals surface area contributed by atoms with E-state index in [4.69, 9.17) is 11.6 Å². The molecular formula is C10H13ClN4O3. The Morgan fingerprint density at radius 1 is 1.44 bits per heavy atom. The van der Waals surface area contributed by atoms with Gasteiger partial charge in [-0.1, -0.05) is 24.4 Å². The fourth-order valence-corrected chi connectivity index (χ4v) is 2.28. The molecule has 2 atom stereocenters. The first kappa shape index (κ1) is 13.0. The van der Waals surface area contributed by atoms with Gasteiger partial charge in [0.25, 0.3) is 0 Å². The molecule has 0 spiro atoms. The van der Waals surface area contributed by atoms with Crippen LogP contribution in [0, 0.1) is 10.1 Å². The van der Waals surface area contributed by atoms with E-state index in [1.165, 1.54) is 0 Å². The zero-order valence-electron chi connectivity index (χ0n) is 9.54. The Hall–Kier alpha value is -1.47. The Kier molecular flexibility index (Phi) is 3.93. The highest BCUT2D eigenvalue weighted by molar-refractivity contribution is 6.31. The predicted octanol–water partition coefficient (Wildman–Crippen LogP) is 1.75. The van der Waals surface area contributed by atoms with E-state index in [2.05, 4.69) is 15.3 Å². The van der Waals surface area contributed by atoms with E-state index in [9.17, 15) is 15.2 Å². The highest BCUT2D eigenvalue weighted by Gasteiger charge is 2.28. The second-order valence-electron chi connectivity index (χ2n) is 4.22. The van der Waals surface area contributed by atoms with Gasteiger partial charge >= 0.3 is 5.69 Å². The Labute approximate surface area is 108 Å². The number of nitrogens with one attached hydrogen (secondary N) is 1. The second kappa shape index (κ2) is 5.45. The van der Waals surface area contributed by atoms with Gasteiger partial charge in [-0.2, -0.15) is 0 Å². The van der Waals surface area contributed by atoms with Gasteiger partial charge in [0.15, 0.2) is 0 Å². The molecule has 1 heterocycles. The lowest BCUT2D eigenvalue weighted by molar-refractivity contribution is -0.384. The van der Waals surface area contributed by atoms with Gasteiger partial charge in [-0.15, -0.1) is 0 Å². The Morgan fingerprint density at radius 2 is 2.17 bits per heavy atom. The van der Waals surface area contributed by atoms with Crippen molar-refractivity contribution in [1.29, 1.82) is 0 Å². The molecule has 1 aliphatic carbocycles. The number of anilines is 1. The number of nitro groups is 1. The largest absolute Gasteiger partial charge is 0.391 e. The maximum absolute atomic E-state index is 10.9. The van der Waals surface area contributed by atoms with Gasteiger partial charge < -0.3 is 10.4 Å². The normalized spacial score (nSPS) is 23.7. The third-order valence-corrected chi connectivity index (χ3v) is 3.29. The van der Waals surface area contributed by atoms with Crippen molar-refractivity contribution < 1.29 is 10.0 Å². The first-order chi connectivity index (χ1) is 8.59. The fraction of sp³-hybridized carbons (Fsp3) is 0.600. The van der Waals surface area contributed by atoms with Gasteiger partial charge in [0, 0.05) is 0 Å². The predicted molar refractivity (Wildman–Crippen MR) is 65.6 cm³/mol. The van der Waals surface area contributed by atoms with Crippen molar-refractivity contribution in [1.82, 2.24) is 9.97 Å². The SMILES string of the molecule is O=[N+]([O-])c1c(Cl)ncnc1NC1CCCCC1O. The summed E-state index contributed by atoms with van der Waals surface area (Å²) in [6.07, 6.45) is 4.01. The Bertz CT molecular complexity index is 457. The molecular weight excluding hydrogens is 260 g/mol. The number of halogens is 1. The van der Waals surface area contributed by atoms with Crippen LogP contribution >= 0.6 is 11.6 Å². The molecule has 2 rings (SSSR count). The zero-order chi connectivity index (χ0) is 13.1. The van der Waals surface area contributed by atoms with Crippen molar-refractivity contribution in [2.75, 3.05) is 5.32 Å². The average Bonchev–Trinajstić information content (AvgIpc) is 2.31. The van der Waals surface area contributed by atoms with E-state index in [1.807, 2.05) is 0 Å². The lowest BCUT2D eigenvalue weighted by Crippen LogP contribution is -2.36. The van der Waals surface area contributed by atoms with Crippen molar-refractivity contribution in [3.63, 3.8) is 0 Å². The molecule has 1 aromatic heterocycles. The van der Waals surface area contributed by atoms with E-state index in [0.717, 1.165) is 25.6 Å². The van der Waals surface area contributed by atoms with E-state index < -0.39 is 11.0 Å². The van der Waals surface area contributed by atoms with E-state index in [0.29, 0.717) is 6.42 Å². The molecule has 98 valence electrons. The molecule has 1 aliphatic rings. The maximum Gasteiger partial charge on any atom is 0.348 e. The summed E-state index contributed by atoms with van der Waals surface area (Å²) in [5, 5.41) is 23.4. The van der Waals surface area contributed by atoms with Crippen LogP contribution in [0.1, 0.15) is 25.7 Å². The second-order valence-corrected chi connectivity index (χ2v) is 4.58. The molecule has 2 N–H and O–H groups in total. The molecule has 0 aliphatic heterocycles. The fourth-order valence-electron chi connectivity index (χ4n) is 2.08. The summed E-state index contributed by atoms with van der Waals surface area (Å²) in [6, 6.07) is -0.233. The van der Waals surface area contributed by atoms with Crippen molar-refractivity contribution >= 4 is 23.1 Å². The molecule has 0 saturated heterocycles. The summed E-state index contributed by atoms with van der Waals surface area (Å²) < 4.78 is 0. The summed E-state index contributed by atoms with van der Waals surface area (Å²) in [5.41, 5.74) is -0.350. The van der Waals surface area contributed by atoms with Crippen LogP contribution in [0.5, 0.6) is 0 Å². The minimum Gasteiger partial charge on any atom is -0.391 e. The number of hydrogen-bond acceptors (Lipinski definition) is 6. The summed E-state index contributed by atoms with van der Waals surface area (Å²) in [4.78, 5) is 17.7. The zero-order valence-corrected chi connectivity index (χ0v) is 10.3. The van der Waals surface area contributed by atoms with Crippen LogP contribution in [0.4, 0.5) is 11.5 Å². The quantitative estimate of drug-likeness (QED) is 0.494. The van der Waals surface area contributed by atoms with Crippen molar-refractivity contribution in [2.24, 2.45) is 0 Å². The summed E-state index contributed by atoms with van der Waals surface area (Å²) in [6.45, 7) is 0. The summed E-state index contributed by atoms with van der Waals surface area (Å²) in [5.74, 6) is 0.0611. The van der Waals surface area contributed by atoms with Gasteiger partial charge in [0.2, 0.25) is 11.0 Å². The number of aromatic nitrogens is 2. The summed E-state index contributed by atoms with van der Waals surface area (Å²) in [7, 11) is 0. The first-order valence-corrected chi connectivity index (χ1v) is 6.07. The molecule has 1 aromatic rings. The molecule has 2 unspecified atom stereocenters. The van der Waals surface area contributed by atoms with Gasteiger partial charge in [0.05, 0.1) is 17.1 Å². The number of aliphatic hydroxyl groups is 1. The van der Waals surface area contributed by atoms with Crippen LogP contribution in [0.15, 0.2) is 6.33 Å². The minimum absolute atomic E-state index is 0.0611. The molecule has 1 fully saturated rings. The van der Waals surface area contributed by atoms with E-state index in [-0.39, 0.29) is 22.7 Å². The number of hydrogen-bond donors (Lipinski definition) is 2. The van der Waals surface area contributed by atoms with E-state index in [1.54, 1.807) is 0 Å². The van der Waals surface area contributed by atoms with Crippen LogP contribution in [0.25, 0.3) is 0 Å². The smallest absolute Gasteiger partial charge is 0.348 e. The highest BCUT2D eigenvalue weighted by Crippen LogP contribution is 2.30.